The Morgan fingerprint density at radius 2 is 2.08 bits per heavy atom. The molecule has 0 saturated carbocycles. The lowest BCUT2D eigenvalue weighted by Crippen LogP contribution is -2.22. The van der Waals surface area contributed by atoms with Crippen molar-refractivity contribution in [1.82, 2.24) is 4.98 Å². The number of rotatable bonds is 3. The molecule has 3 heteroatoms. The number of pyridine rings is 1. The van der Waals surface area contributed by atoms with Gasteiger partial charge in [0.1, 0.15) is 5.82 Å². The van der Waals surface area contributed by atoms with Gasteiger partial charge >= 0.3 is 0 Å². The van der Waals surface area contributed by atoms with Gasteiger partial charge in [0, 0.05) is 31.0 Å². The molecule has 0 amide bonds. The fourth-order valence-corrected chi connectivity index (χ4v) is 1.15. The standard InChI is InChI=1S/C9H15N3/c1-3-12(4-2)9-7-8(10)5-6-11-9/h5-7H,3-4H2,1-2H3,(H2,10,11). The summed E-state index contributed by atoms with van der Waals surface area (Å²) in [5.41, 5.74) is 6.41. The molecule has 0 atom stereocenters. The minimum absolute atomic E-state index is 0.770. The van der Waals surface area contributed by atoms with Gasteiger partial charge in [-0.2, -0.15) is 0 Å². The zero-order valence-corrected chi connectivity index (χ0v) is 7.62. The van der Waals surface area contributed by atoms with Crippen molar-refractivity contribution in [3.8, 4) is 0 Å². The van der Waals surface area contributed by atoms with E-state index < -0.39 is 0 Å². The highest BCUT2D eigenvalue weighted by atomic mass is 15.2. The monoisotopic (exact) mass is 165 g/mol. The summed E-state index contributed by atoms with van der Waals surface area (Å²) in [6.45, 7) is 6.14. The van der Waals surface area contributed by atoms with E-state index in [-0.39, 0.29) is 0 Å². The van der Waals surface area contributed by atoms with Gasteiger partial charge in [-0.15, -0.1) is 0 Å². The van der Waals surface area contributed by atoms with Crippen LogP contribution in [0.1, 0.15) is 13.8 Å². The average molecular weight is 165 g/mol. The van der Waals surface area contributed by atoms with Gasteiger partial charge in [0.2, 0.25) is 0 Å². The zero-order valence-electron chi connectivity index (χ0n) is 7.62. The highest BCUT2D eigenvalue weighted by molar-refractivity contribution is 5.49. The van der Waals surface area contributed by atoms with E-state index in [9.17, 15) is 0 Å². The summed E-state index contributed by atoms with van der Waals surface area (Å²) in [5.74, 6) is 0.958. The van der Waals surface area contributed by atoms with Gasteiger partial charge in [-0.25, -0.2) is 4.98 Å². The third kappa shape index (κ3) is 1.87. The van der Waals surface area contributed by atoms with Crippen molar-refractivity contribution in [2.45, 2.75) is 13.8 Å². The first-order chi connectivity index (χ1) is 5.77. The van der Waals surface area contributed by atoms with Gasteiger partial charge in [-0.05, 0) is 19.9 Å². The predicted octanol–water partition coefficient (Wildman–Crippen LogP) is 1.51. The molecule has 2 N–H and O–H groups in total. The molecule has 0 aliphatic rings. The van der Waals surface area contributed by atoms with Crippen molar-refractivity contribution < 1.29 is 0 Å². The van der Waals surface area contributed by atoms with Crippen molar-refractivity contribution in [2.24, 2.45) is 0 Å². The smallest absolute Gasteiger partial charge is 0.130 e. The molecule has 1 aromatic rings. The van der Waals surface area contributed by atoms with Crippen LogP contribution in [0.2, 0.25) is 0 Å². The zero-order chi connectivity index (χ0) is 8.97. The Morgan fingerprint density at radius 3 is 2.58 bits per heavy atom. The summed E-state index contributed by atoms with van der Waals surface area (Å²) in [7, 11) is 0. The van der Waals surface area contributed by atoms with E-state index in [1.165, 1.54) is 0 Å². The second-order valence-corrected chi connectivity index (χ2v) is 2.62. The fraction of sp³-hybridized carbons (Fsp3) is 0.444. The van der Waals surface area contributed by atoms with Crippen molar-refractivity contribution in [3.63, 3.8) is 0 Å². The van der Waals surface area contributed by atoms with Crippen LogP contribution < -0.4 is 10.6 Å². The van der Waals surface area contributed by atoms with Crippen LogP contribution in [0.4, 0.5) is 11.5 Å². The molecule has 0 bridgehead atoms. The van der Waals surface area contributed by atoms with Gasteiger partial charge in [0.15, 0.2) is 0 Å². The first-order valence-corrected chi connectivity index (χ1v) is 4.24. The molecule has 0 aliphatic heterocycles. The van der Waals surface area contributed by atoms with Crippen molar-refractivity contribution in [1.29, 1.82) is 0 Å². The maximum atomic E-state index is 5.64. The summed E-state index contributed by atoms with van der Waals surface area (Å²) in [4.78, 5) is 6.39. The number of hydrogen-bond acceptors (Lipinski definition) is 3. The molecule has 0 unspecified atom stereocenters. The average Bonchev–Trinajstić information content (AvgIpc) is 2.07. The van der Waals surface area contributed by atoms with Crippen LogP contribution in [0.5, 0.6) is 0 Å². The van der Waals surface area contributed by atoms with Crippen LogP contribution >= 0.6 is 0 Å². The SMILES string of the molecule is CCN(CC)c1cc(N)ccn1. The summed E-state index contributed by atoms with van der Waals surface area (Å²) in [6, 6.07) is 3.69. The van der Waals surface area contributed by atoms with Gasteiger partial charge in [0.25, 0.3) is 0 Å². The molecule has 1 aromatic heterocycles. The van der Waals surface area contributed by atoms with Gasteiger partial charge in [0.05, 0.1) is 0 Å². The number of hydrogen-bond donors (Lipinski definition) is 1. The van der Waals surface area contributed by atoms with Crippen LogP contribution in [0.15, 0.2) is 18.3 Å². The Morgan fingerprint density at radius 1 is 1.42 bits per heavy atom. The second-order valence-electron chi connectivity index (χ2n) is 2.62. The van der Waals surface area contributed by atoms with E-state index in [0.717, 1.165) is 24.6 Å². The third-order valence-corrected chi connectivity index (χ3v) is 1.86. The number of nitrogen functional groups attached to an aromatic ring is 1. The third-order valence-electron chi connectivity index (χ3n) is 1.86. The van der Waals surface area contributed by atoms with Crippen LogP contribution in [-0.2, 0) is 0 Å². The normalized spacial score (nSPS) is 9.83. The maximum Gasteiger partial charge on any atom is 0.130 e. The molecule has 3 nitrogen and oxygen atoms in total. The number of nitrogens with zero attached hydrogens (tertiary/aromatic N) is 2. The largest absolute Gasteiger partial charge is 0.399 e. The van der Waals surface area contributed by atoms with Gasteiger partial charge < -0.3 is 10.6 Å². The summed E-state index contributed by atoms with van der Waals surface area (Å²) < 4.78 is 0. The molecule has 0 aliphatic carbocycles. The lowest BCUT2D eigenvalue weighted by Gasteiger charge is -2.19. The number of nitrogens with two attached hydrogens (primary N) is 1. The molecule has 12 heavy (non-hydrogen) atoms. The molecule has 0 aromatic carbocycles. The molecule has 1 rings (SSSR count). The Balaban J connectivity index is 2.85. The summed E-state index contributed by atoms with van der Waals surface area (Å²) >= 11 is 0. The van der Waals surface area contributed by atoms with Crippen LogP contribution in [0, 0.1) is 0 Å². The first kappa shape index (κ1) is 8.84. The van der Waals surface area contributed by atoms with Crippen molar-refractivity contribution in [2.75, 3.05) is 23.7 Å². The number of anilines is 2. The molecule has 0 radical (unpaired) electrons. The first-order valence-electron chi connectivity index (χ1n) is 4.24. The Kier molecular flexibility index (Phi) is 2.91. The lowest BCUT2D eigenvalue weighted by atomic mass is 10.3. The van der Waals surface area contributed by atoms with E-state index in [1.807, 2.05) is 6.07 Å². The molecule has 0 spiro atoms. The molecular weight excluding hydrogens is 150 g/mol. The molecular formula is C9H15N3. The summed E-state index contributed by atoms with van der Waals surface area (Å²) in [5, 5.41) is 0. The molecule has 0 fully saturated rings. The van der Waals surface area contributed by atoms with Crippen LogP contribution in [0.25, 0.3) is 0 Å². The van der Waals surface area contributed by atoms with E-state index in [1.54, 1.807) is 12.3 Å². The quantitative estimate of drug-likeness (QED) is 0.738. The van der Waals surface area contributed by atoms with Gasteiger partial charge in [-0.3, -0.25) is 0 Å². The fourth-order valence-electron chi connectivity index (χ4n) is 1.15. The van der Waals surface area contributed by atoms with Crippen molar-refractivity contribution >= 4 is 11.5 Å². The van der Waals surface area contributed by atoms with Gasteiger partial charge in [-0.1, -0.05) is 0 Å². The maximum absolute atomic E-state index is 5.64. The molecule has 0 saturated heterocycles. The lowest BCUT2D eigenvalue weighted by molar-refractivity contribution is 0.846. The van der Waals surface area contributed by atoms with E-state index >= 15 is 0 Å². The minimum atomic E-state index is 0.770. The Labute approximate surface area is 73.2 Å². The number of aromatic nitrogens is 1. The predicted molar refractivity (Wildman–Crippen MR) is 52.2 cm³/mol. The van der Waals surface area contributed by atoms with Crippen molar-refractivity contribution in [3.05, 3.63) is 18.3 Å². The van der Waals surface area contributed by atoms with E-state index in [4.69, 9.17) is 5.73 Å². The summed E-state index contributed by atoms with van der Waals surface area (Å²) in [6.07, 6.45) is 1.74. The van der Waals surface area contributed by atoms with Crippen LogP contribution in [-0.4, -0.2) is 18.1 Å². The van der Waals surface area contributed by atoms with E-state index in [0.29, 0.717) is 0 Å². The minimum Gasteiger partial charge on any atom is -0.399 e. The highest BCUT2D eigenvalue weighted by Gasteiger charge is 2.01. The highest BCUT2D eigenvalue weighted by Crippen LogP contribution is 2.12. The second kappa shape index (κ2) is 3.95. The van der Waals surface area contributed by atoms with Crippen LogP contribution in [0.3, 0.4) is 0 Å². The molecule has 66 valence electrons. The Hall–Kier alpha value is -1.25. The Bertz CT molecular complexity index is 243. The molecule has 1 heterocycles. The topological polar surface area (TPSA) is 42.1 Å². The van der Waals surface area contributed by atoms with E-state index in [2.05, 4.69) is 23.7 Å².